The third-order valence-electron chi connectivity index (χ3n) is 3.47. The van der Waals surface area contributed by atoms with E-state index in [-0.39, 0.29) is 0 Å². The first kappa shape index (κ1) is 11.8. The molecule has 0 amide bonds. The molecule has 0 fully saturated rings. The first-order chi connectivity index (χ1) is 8.74. The quantitative estimate of drug-likeness (QED) is 0.899. The van der Waals surface area contributed by atoms with Gasteiger partial charge in [0.05, 0.1) is 5.69 Å². The summed E-state index contributed by atoms with van der Waals surface area (Å²) in [5.74, 6) is 1.12. The normalized spacial score (nSPS) is 14.6. The second-order valence-electron chi connectivity index (χ2n) is 4.71. The van der Waals surface area contributed by atoms with Crippen molar-refractivity contribution in [3.63, 3.8) is 0 Å². The van der Waals surface area contributed by atoms with E-state index < -0.39 is 0 Å². The van der Waals surface area contributed by atoms with Gasteiger partial charge in [-0.05, 0) is 17.7 Å². The van der Waals surface area contributed by atoms with E-state index in [0.29, 0.717) is 0 Å². The van der Waals surface area contributed by atoms with Crippen LogP contribution in [0, 0.1) is 0 Å². The molecule has 0 atom stereocenters. The minimum atomic E-state index is 0.785. The summed E-state index contributed by atoms with van der Waals surface area (Å²) in [5.41, 5.74) is 3.77. The van der Waals surface area contributed by atoms with Crippen LogP contribution >= 0.6 is 11.6 Å². The van der Waals surface area contributed by atoms with Crippen molar-refractivity contribution in [1.29, 1.82) is 0 Å². The number of fused-ring (bicyclic) bond motifs is 1. The fourth-order valence-electron chi connectivity index (χ4n) is 2.50. The van der Waals surface area contributed by atoms with Gasteiger partial charge in [-0.3, -0.25) is 0 Å². The van der Waals surface area contributed by atoms with Crippen LogP contribution in [-0.2, 0) is 26.4 Å². The molecule has 0 saturated heterocycles. The lowest BCUT2D eigenvalue weighted by molar-refractivity contribution is 0.610. The zero-order chi connectivity index (χ0) is 12.5. The van der Waals surface area contributed by atoms with Gasteiger partial charge in [-0.1, -0.05) is 23.7 Å². The van der Waals surface area contributed by atoms with Gasteiger partial charge in [-0.15, -0.1) is 0 Å². The molecule has 4 heteroatoms. The van der Waals surface area contributed by atoms with Gasteiger partial charge in [0.1, 0.15) is 5.82 Å². The Morgan fingerprint density at radius 2 is 2.33 bits per heavy atom. The van der Waals surface area contributed by atoms with Crippen molar-refractivity contribution in [1.82, 2.24) is 14.9 Å². The van der Waals surface area contributed by atoms with Crippen LogP contribution in [0.5, 0.6) is 0 Å². The highest BCUT2D eigenvalue weighted by molar-refractivity contribution is 6.30. The maximum Gasteiger partial charge on any atom is 0.113 e. The molecule has 2 aromatic rings. The van der Waals surface area contributed by atoms with Crippen molar-refractivity contribution in [2.75, 3.05) is 6.54 Å². The van der Waals surface area contributed by atoms with E-state index in [2.05, 4.69) is 23.0 Å². The lowest BCUT2D eigenvalue weighted by Gasteiger charge is -2.13. The zero-order valence-electron chi connectivity index (χ0n) is 10.4. The fraction of sp³-hybridized carbons (Fsp3) is 0.357. The first-order valence-electron chi connectivity index (χ1n) is 6.22. The van der Waals surface area contributed by atoms with E-state index >= 15 is 0 Å². The molecule has 1 aliphatic heterocycles. The number of rotatable bonds is 2. The van der Waals surface area contributed by atoms with E-state index in [1.807, 2.05) is 18.2 Å². The number of nitrogens with zero attached hydrogens (tertiary/aromatic N) is 2. The van der Waals surface area contributed by atoms with E-state index in [4.69, 9.17) is 16.6 Å². The number of hydrogen-bond donors (Lipinski definition) is 1. The monoisotopic (exact) mass is 261 g/mol. The lowest BCUT2D eigenvalue weighted by atomic mass is 10.1. The van der Waals surface area contributed by atoms with Gasteiger partial charge in [-0.2, -0.15) is 0 Å². The van der Waals surface area contributed by atoms with Crippen LogP contribution in [0.25, 0.3) is 0 Å². The predicted molar refractivity (Wildman–Crippen MR) is 72.9 cm³/mol. The topological polar surface area (TPSA) is 29.9 Å². The summed E-state index contributed by atoms with van der Waals surface area (Å²) in [7, 11) is 2.11. The first-order valence-corrected chi connectivity index (χ1v) is 6.60. The van der Waals surface area contributed by atoms with Crippen LogP contribution in [0.2, 0.25) is 5.02 Å². The molecule has 18 heavy (non-hydrogen) atoms. The molecule has 1 aliphatic rings. The van der Waals surface area contributed by atoms with Gasteiger partial charge in [-0.25, -0.2) is 4.98 Å². The van der Waals surface area contributed by atoms with Gasteiger partial charge in [0.2, 0.25) is 0 Å². The standard InChI is InChI=1S/C14H16ClN3/c1-18-13-5-6-16-9-12(13)17-14(18)8-10-3-2-4-11(15)7-10/h2-4,7,16H,5-6,8-9H2,1H3. The molecule has 0 bridgehead atoms. The minimum absolute atomic E-state index is 0.785. The van der Waals surface area contributed by atoms with Crippen LogP contribution < -0.4 is 5.32 Å². The molecule has 0 saturated carbocycles. The molecule has 3 nitrogen and oxygen atoms in total. The Morgan fingerprint density at radius 3 is 3.11 bits per heavy atom. The molecule has 1 aromatic heterocycles. The Balaban J connectivity index is 1.91. The van der Waals surface area contributed by atoms with Crippen molar-refractivity contribution in [2.45, 2.75) is 19.4 Å². The SMILES string of the molecule is Cn1c(Cc2cccc(Cl)c2)nc2c1CCNC2. The number of imidazole rings is 1. The van der Waals surface area contributed by atoms with Gasteiger partial charge >= 0.3 is 0 Å². The highest BCUT2D eigenvalue weighted by Crippen LogP contribution is 2.18. The van der Waals surface area contributed by atoms with E-state index in [1.54, 1.807) is 0 Å². The number of halogens is 1. The summed E-state index contributed by atoms with van der Waals surface area (Å²) in [6.45, 7) is 1.93. The molecular weight excluding hydrogens is 246 g/mol. The van der Waals surface area contributed by atoms with Crippen molar-refractivity contribution in [2.24, 2.45) is 7.05 Å². The molecule has 94 valence electrons. The van der Waals surface area contributed by atoms with Gasteiger partial charge in [0.15, 0.2) is 0 Å². The molecule has 0 unspecified atom stereocenters. The maximum atomic E-state index is 6.01. The fourth-order valence-corrected chi connectivity index (χ4v) is 2.71. The average molecular weight is 262 g/mol. The Hall–Kier alpha value is -1.32. The Morgan fingerprint density at radius 1 is 1.44 bits per heavy atom. The summed E-state index contributed by atoms with van der Waals surface area (Å²) in [6, 6.07) is 7.99. The zero-order valence-corrected chi connectivity index (χ0v) is 11.2. The number of benzene rings is 1. The van der Waals surface area contributed by atoms with E-state index in [0.717, 1.165) is 36.8 Å². The van der Waals surface area contributed by atoms with Gasteiger partial charge in [0, 0.05) is 43.7 Å². The number of hydrogen-bond acceptors (Lipinski definition) is 2. The number of nitrogens with one attached hydrogen (secondary N) is 1. The van der Waals surface area contributed by atoms with Crippen molar-refractivity contribution in [3.05, 3.63) is 52.1 Å². The summed E-state index contributed by atoms with van der Waals surface area (Å²) < 4.78 is 2.23. The molecule has 0 aliphatic carbocycles. The smallest absolute Gasteiger partial charge is 0.113 e. The minimum Gasteiger partial charge on any atom is -0.334 e. The van der Waals surface area contributed by atoms with Crippen molar-refractivity contribution >= 4 is 11.6 Å². The molecule has 1 aromatic carbocycles. The van der Waals surface area contributed by atoms with Crippen LogP contribution in [0.15, 0.2) is 24.3 Å². The van der Waals surface area contributed by atoms with Gasteiger partial charge < -0.3 is 9.88 Å². The second-order valence-corrected chi connectivity index (χ2v) is 5.15. The Labute approximate surface area is 112 Å². The molecule has 1 N–H and O–H groups in total. The molecule has 3 rings (SSSR count). The van der Waals surface area contributed by atoms with Crippen LogP contribution in [-0.4, -0.2) is 16.1 Å². The van der Waals surface area contributed by atoms with Gasteiger partial charge in [0.25, 0.3) is 0 Å². The molecular formula is C14H16ClN3. The Bertz CT molecular complexity index is 574. The van der Waals surface area contributed by atoms with Crippen molar-refractivity contribution < 1.29 is 0 Å². The highest BCUT2D eigenvalue weighted by Gasteiger charge is 2.17. The lowest BCUT2D eigenvalue weighted by Crippen LogP contribution is -2.24. The predicted octanol–water partition coefficient (Wildman–Crippen LogP) is 2.31. The highest BCUT2D eigenvalue weighted by atomic mass is 35.5. The average Bonchev–Trinajstić information content (AvgIpc) is 2.67. The third-order valence-corrected chi connectivity index (χ3v) is 3.71. The van der Waals surface area contributed by atoms with E-state index in [9.17, 15) is 0 Å². The van der Waals surface area contributed by atoms with Crippen LogP contribution in [0.3, 0.4) is 0 Å². The Kier molecular flexibility index (Phi) is 3.10. The van der Waals surface area contributed by atoms with Crippen LogP contribution in [0.1, 0.15) is 22.8 Å². The summed E-state index contributed by atoms with van der Waals surface area (Å²) in [4.78, 5) is 4.73. The molecule has 2 heterocycles. The number of aromatic nitrogens is 2. The maximum absolute atomic E-state index is 6.01. The largest absolute Gasteiger partial charge is 0.334 e. The van der Waals surface area contributed by atoms with Crippen molar-refractivity contribution in [3.8, 4) is 0 Å². The second kappa shape index (κ2) is 4.75. The summed E-state index contributed by atoms with van der Waals surface area (Å²) >= 11 is 6.01. The summed E-state index contributed by atoms with van der Waals surface area (Å²) in [6.07, 6.45) is 1.90. The summed E-state index contributed by atoms with van der Waals surface area (Å²) in [5, 5.41) is 4.14. The molecule has 0 spiro atoms. The van der Waals surface area contributed by atoms with Crippen LogP contribution in [0.4, 0.5) is 0 Å². The third kappa shape index (κ3) is 2.16. The van der Waals surface area contributed by atoms with E-state index in [1.165, 1.54) is 17.0 Å². The molecule has 0 radical (unpaired) electrons.